The van der Waals surface area contributed by atoms with Gasteiger partial charge in [0.05, 0.1) is 19.1 Å². The molecule has 2 atom stereocenters. The SMILES string of the molecule is COc1ccc(C(NC(=O)NCC(Cc2ccc(F)cc2)C(N)=O)c2ccccc2)cc1. The summed E-state index contributed by atoms with van der Waals surface area (Å²) in [5, 5.41) is 5.70. The van der Waals surface area contributed by atoms with Crippen LogP contribution in [-0.4, -0.2) is 25.6 Å². The molecule has 0 radical (unpaired) electrons. The molecule has 0 saturated carbocycles. The van der Waals surface area contributed by atoms with E-state index in [0.717, 1.165) is 22.4 Å². The van der Waals surface area contributed by atoms with Gasteiger partial charge in [-0.25, -0.2) is 9.18 Å². The highest BCUT2D eigenvalue weighted by Gasteiger charge is 2.20. The maximum absolute atomic E-state index is 13.1. The average molecular weight is 435 g/mol. The number of nitrogens with two attached hydrogens (primary N) is 1. The number of urea groups is 1. The van der Waals surface area contributed by atoms with Crippen molar-refractivity contribution in [1.29, 1.82) is 0 Å². The Balaban J connectivity index is 1.68. The number of halogens is 1. The van der Waals surface area contributed by atoms with Crippen molar-refractivity contribution >= 4 is 11.9 Å². The number of methoxy groups -OCH3 is 1. The van der Waals surface area contributed by atoms with Crippen LogP contribution in [0.3, 0.4) is 0 Å². The van der Waals surface area contributed by atoms with Crippen LogP contribution in [0.1, 0.15) is 22.7 Å². The number of rotatable bonds is 9. The lowest BCUT2D eigenvalue weighted by Gasteiger charge is -2.21. The second kappa shape index (κ2) is 10.9. The van der Waals surface area contributed by atoms with E-state index in [-0.39, 0.29) is 12.4 Å². The van der Waals surface area contributed by atoms with Gasteiger partial charge in [-0.15, -0.1) is 0 Å². The summed E-state index contributed by atoms with van der Waals surface area (Å²) in [5.74, 6) is -0.797. The molecule has 0 aliphatic heterocycles. The molecule has 0 aliphatic rings. The summed E-state index contributed by atoms with van der Waals surface area (Å²) < 4.78 is 18.3. The molecule has 166 valence electrons. The lowest BCUT2D eigenvalue weighted by molar-refractivity contribution is -0.121. The highest BCUT2D eigenvalue weighted by atomic mass is 19.1. The fourth-order valence-corrected chi connectivity index (χ4v) is 3.38. The molecule has 32 heavy (non-hydrogen) atoms. The van der Waals surface area contributed by atoms with E-state index in [1.807, 2.05) is 54.6 Å². The lowest BCUT2D eigenvalue weighted by Crippen LogP contribution is -2.43. The maximum atomic E-state index is 13.1. The fraction of sp³-hybridized carbons (Fsp3) is 0.200. The third-order valence-electron chi connectivity index (χ3n) is 5.16. The Morgan fingerprint density at radius 3 is 2.16 bits per heavy atom. The topological polar surface area (TPSA) is 93.4 Å². The largest absolute Gasteiger partial charge is 0.497 e. The van der Waals surface area contributed by atoms with Gasteiger partial charge in [-0.3, -0.25) is 4.79 Å². The molecule has 0 heterocycles. The van der Waals surface area contributed by atoms with E-state index in [1.54, 1.807) is 19.2 Å². The van der Waals surface area contributed by atoms with Gasteiger partial charge in [-0.1, -0.05) is 54.6 Å². The first-order valence-corrected chi connectivity index (χ1v) is 10.2. The van der Waals surface area contributed by atoms with Crippen LogP contribution < -0.4 is 21.1 Å². The molecule has 6 nitrogen and oxygen atoms in total. The highest BCUT2D eigenvalue weighted by molar-refractivity contribution is 5.79. The molecular formula is C25H26FN3O3. The van der Waals surface area contributed by atoms with E-state index < -0.39 is 23.9 Å². The van der Waals surface area contributed by atoms with Crippen LogP contribution in [0.4, 0.5) is 9.18 Å². The average Bonchev–Trinajstić information content (AvgIpc) is 2.82. The van der Waals surface area contributed by atoms with Crippen LogP contribution >= 0.6 is 0 Å². The van der Waals surface area contributed by atoms with Gasteiger partial charge >= 0.3 is 6.03 Å². The Hall–Kier alpha value is -3.87. The Labute approximate surface area is 186 Å². The minimum Gasteiger partial charge on any atom is -0.497 e. The van der Waals surface area contributed by atoms with Gasteiger partial charge < -0.3 is 21.1 Å². The fourth-order valence-electron chi connectivity index (χ4n) is 3.38. The molecule has 3 aromatic carbocycles. The molecule has 0 aromatic heterocycles. The van der Waals surface area contributed by atoms with E-state index in [1.165, 1.54) is 12.1 Å². The molecule has 7 heteroatoms. The minimum atomic E-state index is -0.623. The van der Waals surface area contributed by atoms with Crippen molar-refractivity contribution in [3.63, 3.8) is 0 Å². The molecule has 0 aliphatic carbocycles. The predicted octanol–water partition coefficient (Wildman–Crippen LogP) is 3.57. The van der Waals surface area contributed by atoms with Crippen molar-refractivity contribution in [3.05, 3.63) is 101 Å². The summed E-state index contributed by atoms with van der Waals surface area (Å²) in [7, 11) is 1.59. The van der Waals surface area contributed by atoms with Crippen molar-refractivity contribution in [2.45, 2.75) is 12.5 Å². The molecule has 0 spiro atoms. The van der Waals surface area contributed by atoms with Crippen LogP contribution in [0.2, 0.25) is 0 Å². The van der Waals surface area contributed by atoms with E-state index >= 15 is 0 Å². The smallest absolute Gasteiger partial charge is 0.315 e. The number of carbonyl (C=O) groups excluding carboxylic acids is 2. The zero-order chi connectivity index (χ0) is 22.9. The zero-order valence-corrected chi connectivity index (χ0v) is 17.8. The standard InChI is InChI=1S/C25H26FN3O3/c1-32-22-13-9-19(10-14-22)23(18-5-3-2-4-6-18)29-25(31)28-16-20(24(27)30)15-17-7-11-21(26)12-8-17/h2-14,20,23H,15-16H2,1H3,(H2,27,30)(H2,28,29,31). The van der Waals surface area contributed by atoms with E-state index in [9.17, 15) is 14.0 Å². The first kappa shape index (κ1) is 22.8. The van der Waals surface area contributed by atoms with E-state index in [4.69, 9.17) is 10.5 Å². The Kier molecular flexibility index (Phi) is 7.80. The third-order valence-corrected chi connectivity index (χ3v) is 5.16. The van der Waals surface area contributed by atoms with Gasteiger partial charge in [0.25, 0.3) is 0 Å². The Bertz CT molecular complexity index is 1020. The molecule has 4 N–H and O–H groups in total. The zero-order valence-electron chi connectivity index (χ0n) is 17.8. The number of nitrogens with one attached hydrogen (secondary N) is 2. The summed E-state index contributed by atoms with van der Waals surface area (Å²) in [6, 6.07) is 22.0. The quantitative estimate of drug-likeness (QED) is 0.480. The summed E-state index contributed by atoms with van der Waals surface area (Å²) >= 11 is 0. The second-order valence-corrected chi connectivity index (χ2v) is 7.40. The number of carbonyl (C=O) groups is 2. The summed E-state index contributed by atoms with van der Waals surface area (Å²) in [6.07, 6.45) is 0.302. The Morgan fingerprint density at radius 2 is 1.56 bits per heavy atom. The molecule has 0 saturated heterocycles. The first-order valence-electron chi connectivity index (χ1n) is 10.2. The van der Waals surface area contributed by atoms with E-state index in [0.29, 0.717) is 6.42 Å². The summed E-state index contributed by atoms with van der Waals surface area (Å²) in [5.41, 5.74) is 8.06. The molecule has 3 amide bonds. The summed E-state index contributed by atoms with van der Waals surface area (Å²) in [4.78, 5) is 24.6. The summed E-state index contributed by atoms with van der Waals surface area (Å²) in [6.45, 7) is 0.0582. The van der Waals surface area contributed by atoms with Gasteiger partial charge in [-0.2, -0.15) is 0 Å². The van der Waals surface area contributed by atoms with Crippen molar-refractivity contribution in [2.75, 3.05) is 13.7 Å². The van der Waals surface area contributed by atoms with Crippen LogP contribution in [0.5, 0.6) is 5.75 Å². The number of hydrogen-bond acceptors (Lipinski definition) is 3. The monoisotopic (exact) mass is 435 g/mol. The van der Waals surface area contributed by atoms with Crippen LogP contribution in [0.25, 0.3) is 0 Å². The number of primary amides is 1. The van der Waals surface area contributed by atoms with Crippen molar-refractivity contribution in [3.8, 4) is 5.75 Å². The molecule has 2 unspecified atom stereocenters. The number of hydrogen-bond donors (Lipinski definition) is 3. The lowest BCUT2D eigenvalue weighted by atomic mass is 9.98. The molecule has 0 fully saturated rings. The predicted molar refractivity (Wildman–Crippen MR) is 121 cm³/mol. The number of benzene rings is 3. The second-order valence-electron chi connectivity index (χ2n) is 7.40. The third kappa shape index (κ3) is 6.31. The van der Waals surface area contributed by atoms with E-state index in [2.05, 4.69) is 10.6 Å². The molecule has 3 aromatic rings. The number of ether oxygens (including phenoxy) is 1. The van der Waals surface area contributed by atoms with Crippen LogP contribution in [-0.2, 0) is 11.2 Å². The molecule has 3 rings (SSSR count). The molecule has 0 bridgehead atoms. The minimum absolute atomic E-state index is 0.0582. The van der Waals surface area contributed by atoms with Crippen molar-refractivity contribution in [1.82, 2.24) is 10.6 Å². The van der Waals surface area contributed by atoms with Crippen LogP contribution in [0.15, 0.2) is 78.9 Å². The first-order chi connectivity index (χ1) is 15.5. The maximum Gasteiger partial charge on any atom is 0.315 e. The van der Waals surface area contributed by atoms with Gasteiger partial charge in [-0.05, 0) is 47.4 Å². The normalized spacial score (nSPS) is 12.4. The molecular weight excluding hydrogens is 409 g/mol. The highest BCUT2D eigenvalue weighted by Crippen LogP contribution is 2.24. The van der Waals surface area contributed by atoms with Gasteiger partial charge in [0.1, 0.15) is 11.6 Å². The number of amides is 3. The van der Waals surface area contributed by atoms with Crippen molar-refractivity contribution < 1.29 is 18.7 Å². The Morgan fingerprint density at radius 1 is 0.938 bits per heavy atom. The van der Waals surface area contributed by atoms with Crippen LogP contribution in [0, 0.1) is 11.7 Å². The van der Waals surface area contributed by atoms with Crippen molar-refractivity contribution in [2.24, 2.45) is 11.7 Å². The van der Waals surface area contributed by atoms with Gasteiger partial charge in [0.15, 0.2) is 0 Å². The van der Waals surface area contributed by atoms with Gasteiger partial charge in [0, 0.05) is 6.54 Å². The van der Waals surface area contributed by atoms with Gasteiger partial charge in [0.2, 0.25) is 5.91 Å².